The van der Waals surface area contributed by atoms with Crippen molar-refractivity contribution in [1.82, 2.24) is 15.0 Å². The smallest absolute Gasteiger partial charge is 0.269 e. The Morgan fingerprint density at radius 2 is 1.57 bits per heavy atom. The Morgan fingerprint density at radius 3 is 2.22 bits per heavy atom. The number of piperidine rings is 1. The molecule has 0 bridgehead atoms. The number of rotatable bonds is 10. The Balaban J connectivity index is 1.59. The van der Waals surface area contributed by atoms with Crippen LogP contribution >= 0.6 is 0 Å². The van der Waals surface area contributed by atoms with Gasteiger partial charge in [-0.1, -0.05) is 0 Å². The highest BCUT2D eigenvalue weighted by atomic mass is 16.6. The van der Waals surface area contributed by atoms with Crippen LogP contribution in [-0.2, 0) is 0 Å². The first-order valence-corrected chi connectivity index (χ1v) is 11.6. The molecule has 13 heteroatoms. The van der Waals surface area contributed by atoms with Crippen molar-refractivity contribution in [2.24, 2.45) is 5.10 Å². The average molecular weight is 509 g/mol. The molecule has 0 aliphatic carbocycles. The molecule has 1 fully saturated rings. The molecule has 0 spiro atoms. The SMILES string of the molecule is COc1cc(OC)c(OC)cc1C=NNc1nc(Nc2ccc([N+](=O)[O-])cc2)nc(N2CCCCC2)n1. The number of benzene rings is 2. The third-order valence-corrected chi connectivity index (χ3v) is 5.70. The maximum Gasteiger partial charge on any atom is 0.269 e. The number of anilines is 4. The van der Waals surface area contributed by atoms with Gasteiger partial charge in [0.1, 0.15) is 5.75 Å². The minimum Gasteiger partial charge on any atom is -0.496 e. The summed E-state index contributed by atoms with van der Waals surface area (Å²) in [6, 6.07) is 9.47. The van der Waals surface area contributed by atoms with E-state index < -0.39 is 4.92 Å². The van der Waals surface area contributed by atoms with Crippen LogP contribution in [0.1, 0.15) is 24.8 Å². The lowest BCUT2D eigenvalue weighted by Gasteiger charge is -2.26. The zero-order valence-corrected chi connectivity index (χ0v) is 20.8. The first-order chi connectivity index (χ1) is 18.0. The summed E-state index contributed by atoms with van der Waals surface area (Å²) in [4.78, 5) is 26.1. The summed E-state index contributed by atoms with van der Waals surface area (Å²) >= 11 is 0. The van der Waals surface area contributed by atoms with Gasteiger partial charge in [0.2, 0.25) is 17.8 Å². The maximum atomic E-state index is 10.9. The van der Waals surface area contributed by atoms with Crippen molar-refractivity contribution in [3.05, 3.63) is 52.1 Å². The van der Waals surface area contributed by atoms with Crippen LogP contribution in [0.4, 0.5) is 29.2 Å². The molecule has 1 aromatic heterocycles. The third kappa shape index (κ3) is 6.31. The number of nitro benzene ring substituents is 1. The van der Waals surface area contributed by atoms with Crippen LogP contribution in [0.2, 0.25) is 0 Å². The van der Waals surface area contributed by atoms with Crippen molar-refractivity contribution in [3.8, 4) is 17.2 Å². The molecule has 0 radical (unpaired) electrons. The molecule has 37 heavy (non-hydrogen) atoms. The number of nitrogens with zero attached hydrogens (tertiary/aromatic N) is 6. The summed E-state index contributed by atoms with van der Waals surface area (Å²) in [5.41, 5.74) is 4.12. The lowest BCUT2D eigenvalue weighted by molar-refractivity contribution is -0.384. The van der Waals surface area contributed by atoms with Crippen LogP contribution in [0.5, 0.6) is 17.2 Å². The average Bonchev–Trinajstić information content (AvgIpc) is 2.93. The molecule has 0 unspecified atom stereocenters. The summed E-state index contributed by atoms with van der Waals surface area (Å²) in [5, 5.41) is 18.3. The van der Waals surface area contributed by atoms with E-state index in [2.05, 4.69) is 35.7 Å². The van der Waals surface area contributed by atoms with Gasteiger partial charge in [-0.15, -0.1) is 0 Å². The number of ether oxygens (including phenoxy) is 3. The van der Waals surface area contributed by atoms with E-state index in [1.165, 1.54) is 12.1 Å². The summed E-state index contributed by atoms with van der Waals surface area (Å²) in [6.45, 7) is 1.68. The highest BCUT2D eigenvalue weighted by Gasteiger charge is 2.17. The van der Waals surface area contributed by atoms with Gasteiger partial charge >= 0.3 is 0 Å². The topological polar surface area (TPSA) is 149 Å². The van der Waals surface area contributed by atoms with E-state index in [9.17, 15) is 10.1 Å². The Hall–Kier alpha value is -4.68. The molecule has 0 saturated carbocycles. The third-order valence-electron chi connectivity index (χ3n) is 5.70. The normalized spacial score (nSPS) is 13.3. The van der Waals surface area contributed by atoms with Gasteiger partial charge in [-0.25, -0.2) is 5.43 Å². The fourth-order valence-corrected chi connectivity index (χ4v) is 3.81. The Labute approximate surface area is 213 Å². The Bertz CT molecular complexity index is 1260. The van der Waals surface area contributed by atoms with E-state index >= 15 is 0 Å². The fraction of sp³-hybridized carbons (Fsp3) is 0.333. The molecule has 1 aliphatic rings. The molecule has 4 rings (SSSR count). The predicted octanol–water partition coefficient (Wildman–Crippen LogP) is 3.99. The minimum atomic E-state index is -0.450. The van der Waals surface area contributed by atoms with E-state index in [1.54, 1.807) is 51.8 Å². The molecular weight excluding hydrogens is 480 g/mol. The molecule has 13 nitrogen and oxygen atoms in total. The number of non-ortho nitro benzene ring substituents is 1. The molecule has 1 aliphatic heterocycles. The van der Waals surface area contributed by atoms with Crippen molar-refractivity contribution in [2.75, 3.05) is 50.1 Å². The van der Waals surface area contributed by atoms with Gasteiger partial charge in [-0.3, -0.25) is 10.1 Å². The fourth-order valence-electron chi connectivity index (χ4n) is 3.81. The molecule has 2 aromatic carbocycles. The molecule has 2 N–H and O–H groups in total. The number of hydrazone groups is 1. The van der Waals surface area contributed by atoms with Gasteiger partial charge < -0.3 is 24.4 Å². The van der Waals surface area contributed by atoms with Crippen LogP contribution in [0.3, 0.4) is 0 Å². The van der Waals surface area contributed by atoms with E-state index in [4.69, 9.17) is 14.2 Å². The quantitative estimate of drug-likeness (QED) is 0.232. The highest BCUT2D eigenvalue weighted by molar-refractivity contribution is 5.85. The molecule has 0 atom stereocenters. The van der Waals surface area contributed by atoms with Crippen LogP contribution in [0.25, 0.3) is 0 Å². The van der Waals surface area contributed by atoms with Crippen molar-refractivity contribution in [2.45, 2.75) is 19.3 Å². The van der Waals surface area contributed by atoms with Gasteiger partial charge in [-0.05, 0) is 37.5 Å². The van der Waals surface area contributed by atoms with E-state index in [0.29, 0.717) is 34.4 Å². The van der Waals surface area contributed by atoms with Crippen LogP contribution < -0.4 is 29.9 Å². The summed E-state index contributed by atoms with van der Waals surface area (Å²) in [5.74, 6) is 2.65. The van der Waals surface area contributed by atoms with Gasteiger partial charge in [-0.2, -0.15) is 20.1 Å². The second-order valence-electron chi connectivity index (χ2n) is 8.08. The molecule has 2 heterocycles. The van der Waals surface area contributed by atoms with E-state index in [1.807, 2.05) is 0 Å². The largest absolute Gasteiger partial charge is 0.496 e. The molecule has 0 amide bonds. The van der Waals surface area contributed by atoms with Crippen molar-refractivity contribution in [1.29, 1.82) is 0 Å². The second kappa shape index (κ2) is 11.8. The first-order valence-electron chi connectivity index (χ1n) is 11.6. The number of nitro groups is 1. The summed E-state index contributed by atoms with van der Waals surface area (Å²) < 4.78 is 16.1. The predicted molar refractivity (Wildman–Crippen MR) is 140 cm³/mol. The lowest BCUT2D eigenvalue weighted by Crippen LogP contribution is -2.31. The summed E-state index contributed by atoms with van der Waals surface area (Å²) in [7, 11) is 4.66. The van der Waals surface area contributed by atoms with Crippen LogP contribution in [0.15, 0.2) is 41.5 Å². The van der Waals surface area contributed by atoms with Gasteiger partial charge in [0.05, 0.1) is 32.5 Å². The lowest BCUT2D eigenvalue weighted by atomic mass is 10.1. The van der Waals surface area contributed by atoms with Crippen LogP contribution in [0, 0.1) is 10.1 Å². The van der Waals surface area contributed by atoms with Crippen molar-refractivity contribution < 1.29 is 19.1 Å². The van der Waals surface area contributed by atoms with Crippen LogP contribution in [-0.4, -0.2) is 60.5 Å². The zero-order valence-electron chi connectivity index (χ0n) is 20.8. The van der Waals surface area contributed by atoms with Crippen molar-refractivity contribution >= 4 is 35.4 Å². The van der Waals surface area contributed by atoms with E-state index in [-0.39, 0.29) is 17.6 Å². The Morgan fingerprint density at radius 1 is 0.919 bits per heavy atom. The second-order valence-corrected chi connectivity index (χ2v) is 8.08. The molecule has 1 saturated heterocycles. The molecule has 194 valence electrons. The monoisotopic (exact) mass is 508 g/mol. The highest BCUT2D eigenvalue weighted by Crippen LogP contribution is 2.33. The maximum absolute atomic E-state index is 10.9. The molecule has 3 aromatic rings. The van der Waals surface area contributed by atoms with Gasteiger partial charge in [0.25, 0.3) is 5.69 Å². The van der Waals surface area contributed by atoms with Gasteiger partial charge in [0.15, 0.2) is 11.5 Å². The summed E-state index contributed by atoms with van der Waals surface area (Å²) in [6.07, 6.45) is 4.83. The number of methoxy groups -OCH3 is 3. The zero-order chi connectivity index (χ0) is 26.2. The first kappa shape index (κ1) is 25.4. The standard InChI is InChI=1S/C24H28N8O5/c1-35-19-14-21(37-3)20(36-2)13-16(19)15-25-30-23-27-22(26-17-7-9-18(10-8-17)32(33)34)28-24(29-23)31-11-5-4-6-12-31/h7-10,13-15H,4-6,11-12H2,1-3H3,(H2,26,27,28,29,30). The Kier molecular flexibility index (Phi) is 8.13. The van der Waals surface area contributed by atoms with Gasteiger partial charge in [0, 0.05) is 42.5 Å². The molecular formula is C24H28N8O5. The number of nitrogens with one attached hydrogen (secondary N) is 2. The van der Waals surface area contributed by atoms with Crippen molar-refractivity contribution in [3.63, 3.8) is 0 Å². The minimum absolute atomic E-state index is 0.00233. The number of hydrogen-bond acceptors (Lipinski definition) is 12. The number of aromatic nitrogens is 3. The number of hydrogen-bond donors (Lipinski definition) is 2. The van der Waals surface area contributed by atoms with E-state index in [0.717, 1.165) is 32.4 Å².